The monoisotopic (exact) mass is 188 g/mol. The molecular weight excluding hydrogens is 176 g/mol. The summed E-state index contributed by atoms with van der Waals surface area (Å²) in [4.78, 5) is 1.29. The fourth-order valence-electron chi connectivity index (χ4n) is 1.32. The van der Waals surface area contributed by atoms with E-state index in [1.165, 1.54) is 10.4 Å². The first-order chi connectivity index (χ1) is 6.68. The van der Waals surface area contributed by atoms with Gasteiger partial charge in [0, 0.05) is 5.56 Å². The number of rotatable bonds is 1. The van der Waals surface area contributed by atoms with Crippen molar-refractivity contribution in [1.82, 2.24) is 15.1 Å². The molecule has 0 atom stereocenters. The van der Waals surface area contributed by atoms with E-state index in [0.717, 1.165) is 17.0 Å². The minimum absolute atomic E-state index is 0.840. The molecule has 0 spiro atoms. The zero-order valence-corrected chi connectivity index (χ0v) is 8.23. The first kappa shape index (κ1) is 8.74. The predicted octanol–water partition coefficient (Wildman–Crippen LogP) is 1.28. The van der Waals surface area contributed by atoms with Crippen LogP contribution < -0.4 is 5.84 Å². The molecule has 72 valence electrons. The zero-order valence-electron chi connectivity index (χ0n) is 8.23. The first-order valence-corrected chi connectivity index (χ1v) is 4.43. The van der Waals surface area contributed by atoms with Gasteiger partial charge in [-0.2, -0.15) is 4.79 Å². The van der Waals surface area contributed by atoms with Crippen molar-refractivity contribution in [2.75, 3.05) is 5.84 Å². The lowest BCUT2D eigenvalue weighted by Crippen LogP contribution is -2.11. The van der Waals surface area contributed by atoms with Crippen LogP contribution in [0.5, 0.6) is 0 Å². The van der Waals surface area contributed by atoms with Gasteiger partial charge in [0.1, 0.15) is 5.69 Å². The van der Waals surface area contributed by atoms with E-state index in [0.29, 0.717) is 0 Å². The summed E-state index contributed by atoms with van der Waals surface area (Å²) in [5.41, 5.74) is 3.98. The maximum atomic E-state index is 5.55. The van der Waals surface area contributed by atoms with Crippen LogP contribution in [-0.2, 0) is 0 Å². The Morgan fingerprint density at radius 2 is 1.79 bits per heavy atom. The number of nitrogen functional groups attached to an aromatic ring is 1. The highest BCUT2D eigenvalue weighted by atomic mass is 15.6. The molecule has 1 aromatic carbocycles. The van der Waals surface area contributed by atoms with Gasteiger partial charge in [0.05, 0.1) is 5.69 Å². The highest BCUT2D eigenvalue weighted by Crippen LogP contribution is 2.19. The minimum Gasteiger partial charge on any atom is -0.322 e. The quantitative estimate of drug-likeness (QED) is 0.686. The molecular formula is C10H12N4. The Labute approximate surface area is 82.3 Å². The smallest absolute Gasteiger partial charge is 0.118 e. The summed E-state index contributed by atoms with van der Waals surface area (Å²) in [5.74, 6) is 5.55. The number of aromatic nitrogens is 3. The summed E-state index contributed by atoms with van der Waals surface area (Å²) in [6.45, 7) is 3.95. The van der Waals surface area contributed by atoms with Crippen molar-refractivity contribution in [1.29, 1.82) is 0 Å². The van der Waals surface area contributed by atoms with Crippen molar-refractivity contribution < 1.29 is 0 Å². The Hall–Kier alpha value is -1.84. The number of aryl methyl sites for hydroxylation is 1. The van der Waals surface area contributed by atoms with Gasteiger partial charge in [0.15, 0.2) is 0 Å². The van der Waals surface area contributed by atoms with Crippen LogP contribution in [0.2, 0.25) is 0 Å². The number of hydrogen-bond donors (Lipinski definition) is 1. The summed E-state index contributed by atoms with van der Waals surface area (Å²) >= 11 is 0. The highest BCUT2D eigenvalue weighted by Gasteiger charge is 2.07. The third-order valence-electron chi connectivity index (χ3n) is 2.25. The average Bonchev–Trinajstić information content (AvgIpc) is 2.50. The lowest BCUT2D eigenvalue weighted by Gasteiger charge is -1.98. The van der Waals surface area contributed by atoms with E-state index in [9.17, 15) is 0 Å². The number of benzene rings is 1. The summed E-state index contributed by atoms with van der Waals surface area (Å²) < 4.78 is 0. The van der Waals surface area contributed by atoms with Gasteiger partial charge in [-0.25, -0.2) is 0 Å². The SMILES string of the molecule is Cc1ccc(-c2nnn(N)c2C)cc1. The third-order valence-corrected chi connectivity index (χ3v) is 2.25. The van der Waals surface area contributed by atoms with Crippen molar-refractivity contribution in [3.05, 3.63) is 35.5 Å². The van der Waals surface area contributed by atoms with Crippen LogP contribution in [0.4, 0.5) is 0 Å². The van der Waals surface area contributed by atoms with E-state index in [4.69, 9.17) is 5.84 Å². The van der Waals surface area contributed by atoms with E-state index < -0.39 is 0 Å². The largest absolute Gasteiger partial charge is 0.322 e. The van der Waals surface area contributed by atoms with E-state index in [2.05, 4.69) is 17.2 Å². The Balaban J connectivity index is 2.49. The summed E-state index contributed by atoms with van der Waals surface area (Å²) in [7, 11) is 0. The van der Waals surface area contributed by atoms with Crippen LogP contribution in [0.1, 0.15) is 11.3 Å². The van der Waals surface area contributed by atoms with Crippen molar-refractivity contribution in [3.63, 3.8) is 0 Å². The van der Waals surface area contributed by atoms with Crippen LogP contribution >= 0.6 is 0 Å². The van der Waals surface area contributed by atoms with Gasteiger partial charge in [-0.1, -0.05) is 29.8 Å². The Morgan fingerprint density at radius 3 is 2.29 bits per heavy atom. The van der Waals surface area contributed by atoms with E-state index in [1.807, 2.05) is 31.2 Å². The minimum atomic E-state index is 0.840. The van der Waals surface area contributed by atoms with Crippen molar-refractivity contribution in [3.8, 4) is 11.3 Å². The van der Waals surface area contributed by atoms with Gasteiger partial charge < -0.3 is 5.84 Å². The van der Waals surface area contributed by atoms with Crippen molar-refractivity contribution >= 4 is 0 Å². The van der Waals surface area contributed by atoms with Crippen LogP contribution in [0, 0.1) is 13.8 Å². The van der Waals surface area contributed by atoms with Crippen molar-refractivity contribution in [2.45, 2.75) is 13.8 Å². The van der Waals surface area contributed by atoms with Gasteiger partial charge in [-0.05, 0) is 19.1 Å². The Morgan fingerprint density at radius 1 is 1.14 bits per heavy atom. The highest BCUT2D eigenvalue weighted by molar-refractivity contribution is 5.61. The maximum Gasteiger partial charge on any atom is 0.118 e. The van der Waals surface area contributed by atoms with Crippen LogP contribution in [0.3, 0.4) is 0 Å². The normalized spacial score (nSPS) is 10.4. The molecule has 0 aliphatic heterocycles. The lowest BCUT2D eigenvalue weighted by molar-refractivity contribution is 0.747. The Kier molecular flexibility index (Phi) is 1.96. The molecule has 2 rings (SSSR count). The zero-order chi connectivity index (χ0) is 10.1. The molecule has 14 heavy (non-hydrogen) atoms. The second kappa shape index (κ2) is 3.14. The maximum absolute atomic E-state index is 5.55. The predicted molar refractivity (Wildman–Crippen MR) is 55.1 cm³/mol. The molecule has 2 aromatic rings. The molecule has 1 heterocycles. The number of hydrogen-bond acceptors (Lipinski definition) is 3. The van der Waals surface area contributed by atoms with Gasteiger partial charge in [-0.15, -0.1) is 5.10 Å². The number of nitrogens with zero attached hydrogens (tertiary/aromatic N) is 3. The molecule has 0 radical (unpaired) electrons. The molecule has 0 saturated carbocycles. The summed E-state index contributed by atoms with van der Waals surface area (Å²) in [5, 5.41) is 7.76. The Bertz CT molecular complexity index is 442. The molecule has 2 N–H and O–H groups in total. The van der Waals surface area contributed by atoms with Crippen LogP contribution in [0.15, 0.2) is 24.3 Å². The molecule has 0 aliphatic carbocycles. The van der Waals surface area contributed by atoms with Crippen molar-refractivity contribution in [2.24, 2.45) is 0 Å². The molecule has 0 saturated heterocycles. The van der Waals surface area contributed by atoms with Gasteiger partial charge in [0.2, 0.25) is 0 Å². The summed E-state index contributed by atoms with van der Waals surface area (Å²) in [6.07, 6.45) is 0. The van der Waals surface area contributed by atoms with Crippen LogP contribution in [-0.4, -0.2) is 15.1 Å². The third kappa shape index (κ3) is 1.35. The summed E-state index contributed by atoms with van der Waals surface area (Å²) in [6, 6.07) is 8.13. The molecule has 4 heteroatoms. The molecule has 0 aliphatic rings. The fourth-order valence-corrected chi connectivity index (χ4v) is 1.32. The molecule has 1 aromatic heterocycles. The fraction of sp³-hybridized carbons (Fsp3) is 0.200. The molecule has 0 fully saturated rings. The van der Waals surface area contributed by atoms with Gasteiger partial charge in [0.25, 0.3) is 0 Å². The lowest BCUT2D eigenvalue weighted by atomic mass is 10.1. The first-order valence-electron chi connectivity index (χ1n) is 4.43. The van der Waals surface area contributed by atoms with E-state index >= 15 is 0 Å². The van der Waals surface area contributed by atoms with Gasteiger partial charge >= 0.3 is 0 Å². The molecule has 0 unspecified atom stereocenters. The topological polar surface area (TPSA) is 56.7 Å². The molecule has 4 nitrogen and oxygen atoms in total. The van der Waals surface area contributed by atoms with Crippen LogP contribution in [0.25, 0.3) is 11.3 Å². The second-order valence-electron chi connectivity index (χ2n) is 3.33. The molecule has 0 bridgehead atoms. The standard InChI is InChI=1S/C10H12N4/c1-7-3-5-9(6-4-7)10-8(2)14(11)13-12-10/h3-6H,11H2,1-2H3. The van der Waals surface area contributed by atoms with Gasteiger partial charge in [-0.3, -0.25) is 0 Å². The van der Waals surface area contributed by atoms with E-state index in [1.54, 1.807) is 0 Å². The second-order valence-corrected chi connectivity index (χ2v) is 3.33. The molecule has 0 amide bonds. The van der Waals surface area contributed by atoms with E-state index in [-0.39, 0.29) is 0 Å². The number of nitrogens with two attached hydrogens (primary N) is 1. The average molecular weight is 188 g/mol.